The Bertz CT molecular complexity index is 2560. The molecule has 9 amide bonds. The van der Waals surface area contributed by atoms with Crippen LogP contribution >= 0.6 is 0 Å². The normalized spacial score (nSPS) is 25.6. The van der Waals surface area contributed by atoms with Crippen LogP contribution in [0.15, 0.2) is 24.3 Å². The Morgan fingerprint density at radius 2 is 1.19 bits per heavy atom. The average molecular weight is 1210 g/mol. The molecule has 0 unspecified atom stereocenters. The lowest BCUT2D eigenvalue weighted by Gasteiger charge is -2.41. The number of ether oxygens (including phenoxy) is 3. The molecule has 0 aromatic heterocycles. The second kappa shape index (κ2) is 33.5. The number of hydrogen-bond donors (Lipinski definition) is 4. The molecule has 0 radical (unpaired) electrons. The number of cyclic esters (lactones) is 1. The zero-order valence-electron chi connectivity index (χ0n) is 53.6. The van der Waals surface area contributed by atoms with E-state index < -0.39 is 181 Å². The highest BCUT2D eigenvalue weighted by Crippen LogP contribution is 2.27. The second-order valence-corrected chi connectivity index (χ2v) is 23.9. The molecule has 0 saturated carbocycles. The van der Waals surface area contributed by atoms with Crippen molar-refractivity contribution in [3.8, 4) is 5.75 Å². The lowest BCUT2D eigenvalue weighted by Crippen LogP contribution is -2.63. The van der Waals surface area contributed by atoms with Gasteiger partial charge in [-0.3, -0.25) is 52.7 Å². The Kier molecular flexibility index (Phi) is 28.4. The molecule has 2 saturated heterocycles. The van der Waals surface area contributed by atoms with Gasteiger partial charge in [0.1, 0.15) is 54.1 Å². The molecule has 0 spiro atoms. The minimum absolute atomic E-state index is 0.0977. The average Bonchev–Trinajstić information content (AvgIpc) is 3.34. The number of nitrogens with zero attached hydrogens (tertiary/aromatic N) is 6. The van der Waals surface area contributed by atoms with E-state index in [-0.39, 0.29) is 25.8 Å². The molecule has 2 heterocycles. The van der Waals surface area contributed by atoms with Crippen molar-refractivity contribution in [1.82, 2.24) is 45.3 Å². The third kappa shape index (κ3) is 19.1. The van der Waals surface area contributed by atoms with Gasteiger partial charge in [-0.1, -0.05) is 94.2 Å². The number of esters is 2. The van der Waals surface area contributed by atoms with Crippen LogP contribution in [-0.4, -0.2) is 222 Å². The molecular weight excluding hydrogens is 1110 g/mol. The van der Waals surface area contributed by atoms with E-state index in [1.54, 1.807) is 86.6 Å². The number of rotatable bonds is 16. The summed E-state index contributed by atoms with van der Waals surface area (Å²) in [6, 6.07) is -3.58. The number of carboxylic acid groups (broad SMARTS) is 1. The number of likely N-dealkylation sites (N-methyl/N-ethyl adjacent to an activating group) is 5. The number of methoxy groups -OCH3 is 1. The molecule has 86 heavy (non-hydrogen) atoms. The number of carbonyl (C=O) groups is 12. The first kappa shape index (κ1) is 72.9. The summed E-state index contributed by atoms with van der Waals surface area (Å²) in [5.74, 6) is -11.9. The molecule has 2 aliphatic heterocycles. The lowest BCUT2D eigenvalue weighted by atomic mass is 9.92. The standard InChI is InChI=1S/C61H97N9O16/c1-18-37(9)51-53(75)62-33-45(71)66(13)49(35(5)6)54(76)63-42(32-40-23-25-41(84-17)26-24-40)61(83)86-39(11)56(78)70-30-21-20-22-44(70)58(80)67(14)50(36(7)8)55(77)64-48(34(3)4)59(81)65(12)43(29-31-85-47(74)28-27-46(72)73)57(79)69(16)52(38(10)19-2)60(82)68(51)15/h23-26,34-39,42-44,48-52H,18-22,27-33H2,1-17H3,(H,62,75)(H,63,76)(H,64,77)(H,72,73)/t37-,38+,39-,42+,43+,44+,48+,49+,50+,51+,52+/m1/s1. The minimum atomic E-state index is -1.49. The maximum absolute atomic E-state index is 15.2. The number of nitrogens with one attached hydrogen (secondary N) is 3. The monoisotopic (exact) mass is 1210 g/mol. The Balaban J connectivity index is 2.29. The van der Waals surface area contributed by atoms with Gasteiger partial charge < -0.3 is 64.7 Å². The van der Waals surface area contributed by atoms with Crippen LogP contribution in [-0.2, 0) is 73.4 Å². The zero-order valence-corrected chi connectivity index (χ0v) is 53.6. The molecule has 25 nitrogen and oxygen atoms in total. The van der Waals surface area contributed by atoms with E-state index in [4.69, 9.17) is 14.2 Å². The molecule has 4 N–H and O–H groups in total. The Morgan fingerprint density at radius 3 is 1.73 bits per heavy atom. The van der Waals surface area contributed by atoms with Crippen molar-refractivity contribution in [2.75, 3.05) is 62.0 Å². The van der Waals surface area contributed by atoms with Gasteiger partial charge in [0.25, 0.3) is 5.91 Å². The molecule has 1 aromatic carbocycles. The first-order valence-corrected chi connectivity index (χ1v) is 30.0. The van der Waals surface area contributed by atoms with E-state index in [1.165, 1.54) is 68.9 Å². The van der Waals surface area contributed by atoms with Gasteiger partial charge in [0.2, 0.25) is 47.3 Å². The van der Waals surface area contributed by atoms with E-state index in [1.807, 2.05) is 6.92 Å². The van der Waals surface area contributed by atoms with Crippen LogP contribution in [0.2, 0.25) is 0 Å². The maximum atomic E-state index is 15.2. The van der Waals surface area contributed by atoms with Gasteiger partial charge in [0.15, 0.2) is 6.10 Å². The Hall–Kier alpha value is -7.34. The number of hydrogen-bond acceptors (Lipinski definition) is 15. The zero-order chi connectivity index (χ0) is 65.2. The van der Waals surface area contributed by atoms with Crippen molar-refractivity contribution in [3.63, 3.8) is 0 Å². The first-order valence-electron chi connectivity index (χ1n) is 30.0. The third-order valence-electron chi connectivity index (χ3n) is 16.6. The minimum Gasteiger partial charge on any atom is -0.497 e. The van der Waals surface area contributed by atoms with Gasteiger partial charge in [0.05, 0.1) is 33.1 Å². The SMILES string of the molecule is CC[C@@H](C)[C@H]1C(=O)NCC(=O)N(C)[C@@H](C(C)C)C(=O)N[C@@H](Cc2ccc(OC)cc2)C(=O)O[C@H](C)C(=O)N2CCCC[C@H]2C(=O)N(C)[C@@H](C(C)C)C(=O)N[C@@H](C(C)C)C(=O)N(C)[C@@H](CCOC(=O)CCC(=O)O)C(=O)N(C)[C@@H]([C@@H](C)CC)C(=O)N1C. The van der Waals surface area contributed by atoms with Crippen molar-refractivity contribution in [2.45, 2.75) is 188 Å². The highest BCUT2D eigenvalue weighted by atomic mass is 16.6. The van der Waals surface area contributed by atoms with Crippen molar-refractivity contribution < 1.29 is 76.9 Å². The first-order chi connectivity index (χ1) is 40.3. The van der Waals surface area contributed by atoms with Crippen molar-refractivity contribution in [2.24, 2.45) is 29.6 Å². The molecule has 0 bridgehead atoms. The molecule has 3 rings (SSSR count). The molecule has 1 aromatic rings. The van der Waals surface area contributed by atoms with E-state index in [9.17, 15) is 53.1 Å². The number of piperidine rings is 1. The van der Waals surface area contributed by atoms with E-state index in [0.717, 1.165) is 9.80 Å². The fraction of sp³-hybridized carbons (Fsp3) is 0.705. The third-order valence-corrected chi connectivity index (χ3v) is 16.6. The fourth-order valence-electron chi connectivity index (χ4n) is 11.2. The van der Waals surface area contributed by atoms with Crippen LogP contribution < -0.4 is 20.7 Å². The quantitative estimate of drug-likeness (QED) is 0.173. The number of aliphatic carboxylic acids is 1. The van der Waals surface area contributed by atoms with E-state index in [2.05, 4.69) is 16.0 Å². The number of amides is 9. The fourth-order valence-corrected chi connectivity index (χ4v) is 11.2. The number of carboxylic acids is 1. The van der Waals surface area contributed by atoms with Crippen LogP contribution in [0, 0.1) is 29.6 Å². The van der Waals surface area contributed by atoms with Crippen molar-refractivity contribution in [1.29, 1.82) is 0 Å². The molecule has 2 aliphatic rings. The Labute approximate surface area is 507 Å². The molecule has 482 valence electrons. The summed E-state index contributed by atoms with van der Waals surface area (Å²) in [7, 11) is 8.39. The van der Waals surface area contributed by atoms with Crippen LogP contribution in [0.3, 0.4) is 0 Å². The van der Waals surface area contributed by atoms with Gasteiger partial charge in [-0.05, 0) is 73.5 Å². The predicted octanol–water partition coefficient (Wildman–Crippen LogP) is 2.64. The van der Waals surface area contributed by atoms with Gasteiger partial charge in [0, 0.05) is 54.6 Å². The van der Waals surface area contributed by atoms with Crippen molar-refractivity contribution >= 4 is 71.1 Å². The van der Waals surface area contributed by atoms with E-state index >= 15 is 9.59 Å². The number of benzene rings is 1. The van der Waals surface area contributed by atoms with Crippen LogP contribution in [0.5, 0.6) is 5.75 Å². The molecule has 2 fully saturated rings. The van der Waals surface area contributed by atoms with Gasteiger partial charge >= 0.3 is 17.9 Å². The van der Waals surface area contributed by atoms with Crippen LogP contribution in [0.4, 0.5) is 0 Å². The molecular formula is C61H97N9O16. The summed E-state index contributed by atoms with van der Waals surface area (Å²) in [6.07, 6.45) is -0.997. The van der Waals surface area contributed by atoms with Crippen molar-refractivity contribution in [3.05, 3.63) is 29.8 Å². The molecule has 25 heteroatoms. The highest BCUT2D eigenvalue weighted by Gasteiger charge is 2.45. The summed E-state index contributed by atoms with van der Waals surface area (Å²) in [5.41, 5.74) is 0.575. The summed E-state index contributed by atoms with van der Waals surface area (Å²) in [4.78, 5) is 178. The molecule has 0 aliphatic carbocycles. The Morgan fingerprint density at radius 1 is 0.640 bits per heavy atom. The predicted molar refractivity (Wildman–Crippen MR) is 317 cm³/mol. The van der Waals surface area contributed by atoms with E-state index in [0.29, 0.717) is 37.0 Å². The smallest absolute Gasteiger partial charge is 0.329 e. The maximum Gasteiger partial charge on any atom is 0.329 e. The summed E-state index contributed by atoms with van der Waals surface area (Å²) in [6.45, 7) is 17.6. The van der Waals surface area contributed by atoms with Crippen LogP contribution in [0.1, 0.15) is 133 Å². The lowest BCUT2D eigenvalue weighted by molar-refractivity contribution is -0.165. The largest absolute Gasteiger partial charge is 0.497 e. The van der Waals surface area contributed by atoms with Gasteiger partial charge in [-0.25, -0.2) is 4.79 Å². The van der Waals surface area contributed by atoms with Crippen LogP contribution in [0.25, 0.3) is 0 Å². The summed E-state index contributed by atoms with van der Waals surface area (Å²) in [5, 5.41) is 17.4. The van der Waals surface area contributed by atoms with Gasteiger partial charge in [-0.2, -0.15) is 0 Å². The summed E-state index contributed by atoms with van der Waals surface area (Å²) < 4.78 is 16.5. The molecule has 11 atom stereocenters. The van der Waals surface area contributed by atoms with Gasteiger partial charge in [-0.15, -0.1) is 0 Å². The highest BCUT2D eigenvalue weighted by molar-refractivity contribution is 5.99. The number of carbonyl (C=O) groups excluding carboxylic acids is 11. The topological polar surface area (TPSA) is 308 Å². The summed E-state index contributed by atoms with van der Waals surface area (Å²) >= 11 is 0. The second-order valence-electron chi connectivity index (χ2n) is 23.9. The number of fused-ring (bicyclic) bond motifs is 1.